The van der Waals surface area contributed by atoms with E-state index in [1.165, 1.54) is 7.11 Å². The minimum atomic E-state index is -2.75. The molecule has 3 nitrogen and oxygen atoms in total. The van der Waals surface area contributed by atoms with Crippen LogP contribution in [-0.2, 0) is 19.9 Å². The number of ether oxygens (including phenoxy) is 2. The van der Waals surface area contributed by atoms with Crippen LogP contribution in [0.1, 0.15) is 15.2 Å². The molecule has 0 atom stereocenters. The maximum absolute atomic E-state index is 12.5. The zero-order chi connectivity index (χ0) is 16.0. The first-order chi connectivity index (χ1) is 10.4. The molecule has 0 N–H and O–H groups in total. The second kappa shape index (κ2) is 4.21. The molecule has 0 bridgehead atoms. The van der Waals surface area contributed by atoms with E-state index in [2.05, 4.69) is 0 Å². The minimum absolute atomic E-state index is 0.485. The molecule has 1 aliphatic rings. The van der Waals surface area contributed by atoms with Crippen molar-refractivity contribution in [1.29, 1.82) is 0 Å². The highest BCUT2D eigenvalue weighted by molar-refractivity contribution is 5.96. The molecular weight excluding hydrogens is 240 g/mol. The third-order valence-corrected chi connectivity index (χ3v) is 3.53. The van der Waals surface area contributed by atoms with Gasteiger partial charge in [-0.05, 0) is 11.1 Å². The molecule has 0 aromatic heterocycles. The van der Waals surface area contributed by atoms with E-state index in [0.717, 1.165) is 11.1 Å². The van der Waals surface area contributed by atoms with Crippen LogP contribution in [-0.4, -0.2) is 20.1 Å². The zero-order valence-corrected chi connectivity index (χ0v) is 10.3. The van der Waals surface area contributed by atoms with Crippen LogP contribution in [0.2, 0.25) is 0 Å². The molecule has 2 aromatic carbocycles. The fourth-order valence-corrected chi connectivity index (χ4v) is 2.71. The van der Waals surface area contributed by atoms with Gasteiger partial charge in [0, 0.05) is 18.2 Å². The Balaban J connectivity index is 2.36. The van der Waals surface area contributed by atoms with Crippen molar-refractivity contribution in [1.82, 2.24) is 0 Å². The van der Waals surface area contributed by atoms with Gasteiger partial charge >= 0.3 is 5.97 Å². The number of methoxy groups -OCH3 is 2. The number of fused-ring (bicyclic) bond motifs is 3. The van der Waals surface area contributed by atoms with Crippen LogP contribution in [0, 0.1) is 0 Å². The van der Waals surface area contributed by atoms with Crippen molar-refractivity contribution >= 4 is 5.97 Å². The van der Waals surface area contributed by atoms with E-state index < -0.39 is 18.6 Å². The Labute approximate surface area is 116 Å². The van der Waals surface area contributed by atoms with Crippen molar-refractivity contribution in [3.8, 4) is 11.1 Å². The van der Waals surface area contributed by atoms with Gasteiger partial charge in [0.25, 0.3) is 0 Å². The van der Waals surface area contributed by atoms with Crippen LogP contribution in [0.4, 0.5) is 0 Å². The van der Waals surface area contributed by atoms with Gasteiger partial charge < -0.3 is 9.47 Å². The summed E-state index contributed by atoms with van der Waals surface area (Å²) in [4.78, 5) is 12.5. The Bertz CT molecular complexity index is 692. The average Bonchev–Trinajstić information content (AvgIpc) is 2.77. The zero-order valence-electron chi connectivity index (χ0n) is 13.3. The monoisotopic (exact) mass is 257 g/mol. The summed E-state index contributed by atoms with van der Waals surface area (Å²) < 4.78 is 32.6. The first kappa shape index (κ1) is 8.88. The van der Waals surface area contributed by atoms with E-state index in [1.54, 1.807) is 24.3 Å². The van der Waals surface area contributed by atoms with Crippen LogP contribution in [0.25, 0.3) is 11.1 Å². The molecule has 0 heterocycles. The lowest BCUT2D eigenvalue weighted by molar-refractivity contribution is -0.161. The van der Waals surface area contributed by atoms with Gasteiger partial charge in [0.2, 0.25) is 5.60 Å². The Morgan fingerprint density at radius 1 is 1.05 bits per heavy atom. The van der Waals surface area contributed by atoms with Crippen molar-refractivity contribution in [3.05, 3.63) is 59.7 Å². The number of hydrogen-bond donors (Lipinski definition) is 0. The normalized spacial score (nSPS) is 17.6. The lowest BCUT2D eigenvalue weighted by atomic mass is 9.91. The molecule has 0 spiro atoms. The molecule has 0 aliphatic heterocycles. The molecule has 19 heavy (non-hydrogen) atoms. The SMILES string of the molecule is [2H]C([2H])([2H])OC1(C(=O)OC)c2ccccc2-c2ccccc21. The van der Waals surface area contributed by atoms with E-state index in [4.69, 9.17) is 13.6 Å². The summed E-state index contributed by atoms with van der Waals surface area (Å²) in [6.45, 7) is 0. The smallest absolute Gasteiger partial charge is 0.347 e. The molecule has 0 saturated heterocycles. The van der Waals surface area contributed by atoms with Crippen LogP contribution in [0.5, 0.6) is 0 Å². The van der Waals surface area contributed by atoms with Gasteiger partial charge in [-0.3, -0.25) is 0 Å². The predicted octanol–water partition coefficient (Wildman–Crippen LogP) is 2.73. The highest BCUT2D eigenvalue weighted by Crippen LogP contribution is 2.49. The summed E-state index contributed by atoms with van der Waals surface area (Å²) in [5.41, 5.74) is 0.742. The van der Waals surface area contributed by atoms with E-state index in [1.807, 2.05) is 24.3 Å². The first-order valence-electron chi connectivity index (χ1n) is 7.38. The van der Waals surface area contributed by atoms with E-state index in [0.29, 0.717) is 11.1 Å². The maximum Gasteiger partial charge on any atom is 0.347 e. The molecule has 3 rings (SSSR count). The fourth-order valence-electron chi connectivity index (χ4n) is 2.71. The van der Waals surface area contributed by atoms with Gasteiger partial charge in [0.05, 0.1) is 11.2 Å². The quantitative estimate of drug-likeness (QED) is 0.776. The summed E-state index contributed by atoms with van der Waals surface area (Å²) in [5, 5.41) is 0. The minimum Gasteiger partial charge on any atom is -0.466 e. The number of carbonyl (C=O) groups excluding carboxylic acids is 1. The summed E-state index contributed by atoms with van der Waals surface area (Å²) in [6.07, 6.45) is 0. The third-order valence-electron chi connectivity index (χ3n) is 3.53. The molecule has 0 unspecified atom stereocenters. The van der Waals surface area contributed by atoms with Gasteiger partial charge in [-0.2, -0.15) is 0 Å². The second-order valence-electron chi connectivity index (χ2n) is 4.37. The number of esters is 1. The highest BCUT2D eigenvalue weighted by atomic mass is 16.6. The number of carbonyl (C=O) groups is 1. The van der Waals surface area contributed by atoms with E-state index in [9.17, 15) is 4.79 Å². The lowest BCUT2D eigenvalue weighted by Crippen LogP contribution is -2.38. The number of rotatable bonds is 2. The fraction of sp³-hybridized carbons (Fsp3) is 0.188. The van der Waals surface area contributed by atoms with Crippen LogP contribution in [0.3, 0.4) is 0 Å². The standard InChI is InChI=1S/C16H14O3/c1-18-15(17)16(19-2)13-9-5-3-7-11(13)12-8-4-6-10-14(12)16/h3-10H,1-2H3/i2D3. The average molecular weight is 257 g/mol. The molecule has 96 valence electrons. The second-order valence-corrected chi connectivity index (χ2v) is 4.37. The Morgan fingerprint density at radius 2 is 1.58 bits per heavy atom. The molecule has 1 aliphatic carbocycles. The maximum atomic E-state index is 12.5. The summed E-state index contributed by atoms with van der Waals surface area (Å²) in [5.74, 6) is -0.749. The van der Waals surface area contributed by atoms with Crippen molar-refractivity contribution in [2.75, 3.05) is 14.1 Å². The largest absolute Gasteiger partial charge is 0.466 e. The van der Waals surface area contributed by atoms with Gasteiger partial charge in [-0.15, -0.1) is 0 Å². The lowest BCUT2D eigenvalue weighted by Gasteiger charge is -2.27. The van der Waals surface area contributed by atoms with Gasteiger partial charge in [-0.25, -0.2) is 4.79 Å². The molecule has 3 heteroatoms. The topological polar surface area (TPSA) is 35.5 Å². The summed E-state index contributed by atoms with van der Waals surface area (Å²) in [6, 6.07) is 14.2. The molecule has 0 radical (unpaired) electrons. The van der Waals surface area contributed by atoms with Crippen molar-refractivity contribution in [2.24, 2.45) is 0 Å². The Hall–Kier alpha value is -2.13. The number of benzene rings is 2. The van der Waals surface area contributed by atoms with E-state index in [-0.39, 0.29) is 0 Å². The van der Waals surface area contributed by atoms with E-state index >= 15 is 0 Å². The van der Waals surface area contributed by atoms with Crippen molar-refractivity contribution in [3.63, 3.8) is 0 Å². The molecule has 0 fully saturated rings. The molecule has 0 saturated carbocycles. The molecular formula is C16H14O3. The van der Waals surface area contributed by atoms with Gasteiger partial charge in [0.1, 0.15) is 0 Å². The summed E-state index contributed by atoms with van der Waals surface area (Å²) >= 11 is 0. The third kappa shape index (κ3) is 1.39. The first-order valence-corrected chi connectivity index (χ1v) is 5.88. The van der Waals surface area contributed by atoms with Crippen molar-refractivity contribution < 1.29 is 18.4 Å². The Kier molecular flexibility index (Phi) is 1.97. The number of hydrogen-bond acceptors (Lipinski definition) is 3. The van der Waals surface area contributed by atoms with Crippen LogP contribution in [0.15, 0.2) is 48.5 Å². The highest BCUT2D eigenvalue weighted by Gasteiger charge is 2.50. The van der Waals surface area contributed by atoms with Gasteiger partial charge in [0.15, 0.2) is 0 Å². The molecule has 0 amide bonds. The van der Waals surface area contributed by atoms with Gasteiger partial charge in [-0.1, -0.05) is 48.5 Å². The van der Waals surface area contributed by atoms with Crippen molar-refractivity contribution in [2.45, 2.75) is 5.60 Å². The van der Waals surface area contributed by atoms with Crippen LogP contribution >= 0.6 is 0 Å². The van der Waals surface area contributed by atoms with Crippen LogP contribution < -0.4 is 0 Å². The molecule has 2 aromatic rings. The predicted molar refractivity (Wildman–Crippen MR) is 71.7 cm³/mol. The Morgan fingerprint density at radius 3 is 2.05 bits per heavy atom. The summed E-state index contributed by atoms with van der Waals surface area (Å²) in [7, 11) is -1.53.